The summed E-state index contributed by atoms with van der Waals surface area (Å²) in [5.74, 6) is -4.05. The number of carbonyl (C=O) groups excluding carboxylic acids is 2. The summed E-state index contributed by atoms with van der Waals surface area (Å²) in [6.07, 6.45) is 0. The predicted octanol–water partition coefficient (Wildman–Crippen LogP) is 2.20. The highest BCUT2D eigenvalue weighted by molar-refractivity contribution is 6.07. The quantitative estimate of drug-likeness (QED) is 0.779. The van der Waals surface area contributed by atoms with E-state index < -0.39 is 40.9 Å². The van der Waals surface area contributed by atoms with Gasteiger partial charge in [-0.05, 0) is 24.6 Å². The van der Waals surface area contributed by atoms with Gasteiger partial charge in [0.2, 0.25) is 5.91 Å². The molecule has 2 aromatic carbocycles. The Bertz CT molecular complexity index is 894. The van der Waals surface area contributed by atoms with Crippen molar-refractivity contribution in [2.45, 2.75) is 18.9 Å². The average molecular weight is 363 g/mol. The van der Waals surface area contributed by atoms with Crippen molar-refractivity contribution in [3.05, 3.63) is 64.5 Å². The lowest BCUT2D eigenvalue weighted by Crippen LogP contribution is -2.38. The van der Waals surface area contributed by atoms with E-state index in [9.17, 15) is 22.8 Å². The lowest BCUT2D eigenvalue weighted by Gasteiger charge is -2.19. The number of nitrogens with two attached hydrogens (primary N) is 1. The third kappa shape index (κ3) is 2.92. The number of halogens is 3. The molecule has 0 radical (unpaired) electrons. The fourth-order valence-corrected chi connectivity index (χ4v) is 2.87. The summed E-state index contributed by atoms with van der Waals surface area (Å²) in [5.41, 5.74) is 5.72. The van der Waals surface area contributed by atoms with E-state index in [1.807, 2.05) is 0 Å². The maximum atomic E-state index is 13.6. The summed E-state index contributed by atoms with van der Waals surface area (Å²) in [6.45, 7) is 1.37. The van der Waals surface area contributed by atoms with Crippen molar-refractivity contribution in [1.29, 1.82) is 0 Å². The molecule has 1 aliphatic heterocycles. The van der Waals surface area contributed by atoms with Gasteiger partial charge in [-0.25, -0.2) is 13.2 Å². The van der Waals surface area contributed by atoms with Gasteiger partial charge in [-0.2, -0.15) is 0 Å². The number of amides is 2. The highest BCUT2D eigenvalue weighted by Gasteiger charge is 2.41. The fraction of sp³-hybridized carbons (Fsp3) is 0.222. The van der Waals surface area contributed by atoms with Crippen LogP contribution in [0.1, 0.15) is 28.4 Å². The Hall–Kier alpha value is -2.87. The molecule has 4 N–H and O–H groups in total. The molecule has 0 saturated heterocycles. The largest absolute Gasteiger partial charge is 0.348 e. The zero-order chi connectivity index (χ0) is 19.1. The van der Waals surface area contributed by atoms with E-state index in [0.717, 1.165) is 0 Å². The van der Waals surface area contributed by atoms with Gasteiger partial charge in [-0.15, -0.1) is 0 Å². The zero-order valence-corrected chi connectivity index (χ0v) is 13.8. The number of carbonyl (C=O) groups is 2. The molecule has 8 heteroatoms. The number of hydrogen-bond donors (Lipinski definition) is 3. The highest BCUT2D eigenvalue weighted by Crippen LogP contribution is 2.37. The van der Waals surface area contributed by atoms with Crippen molar-refractivity contribution in [2.75, 3.05) is 11.9 Å². The van der Waals surface area contributed by atoms with E-state index in [1.165, 1.54) is 12.1 Å². The van der Waals surface area contributed by atoms with Crippen LogP contribution in [-0.2, 0) is 16.8 Å². The second-order valence-electron chi connectivity index (χ2n) is 6.28. The van der Waals surface area contributed by atoms with Crippen LogP contribution in [0.25, 0.3) is 0 Å². The molecule has 0 saturated carbocycles. The monoisotopic (exact) mass is 363 g/mol. The molecule has 0 bridgehead atoms. The van der Waals surface area contributed by atoms with Gasteiger partial charge in [0.1, 0.15) is 17.5 Å². The van der Waals surface area contributed by atoms with Gasteiger partial charge in [0.15, 0.2) is 0 Å². The molecule has 0 aromatic heterocycles. The van der Waals surface area contributed by atoms with E-state index in [2.05, 4.69) is 10.6 Å². The van der Waals surface area contributed by atoms with Gasteiger partial charge in [0.05, 0.1) is 5.41 Å². The predicted molar refractivity (Wildman–Crippen MR) is 89.0 cm³/mol. The van der Waals surface area contributed by atoms with Crippen LogP contribution in [0, 0.1) is 17.5 Å². The van der Waals surface area contributed by atoms with Crippen LogP contribution in [-0.4, -0.2) is 18.4 Å². The molecule has 26 heavy (non-hydrogen) atoms. The second kappa shape index (κ2) is 6.45. The van der Waals surface area contributed by atoms with E-state index in [1.54, 1.807) is 13.0 Å². The summed E-state index contributed by atoms with van der Waals surface area (Å²) >= 11 is 0. The molecule has 0 spiro atoms. The maximum Gasteiger partial charge on any atom is 0.251 e. The Balaban J connectivity index is 1.79. The van der Waals surface area contributed by atoms with Crippen LogP contribution in [0.5, 0.6) is 0 Å². The summed E-state index contributed by atoms with van der Waals surface area (Å²) < 4.78 is 40.2. The molecule has 1 heterocycles. The van der Waals surface area contributed by atoms with Gasteiger partial charge in [0.25, 0.3) is 5.91 Å². The molecule has 1 aliphatic rings. The van der Waals surface area contributed by atoms with Crippen molar-refractivity contribution >= 4 is 17.5 Å². The van der Waals surface area contributed by atoms with Crippen LogP contribution in [0.2, 0.25) is 0 Å². The third-order valence-corrected chi connectivity index (χ3v) is 4.57. The molecule has 0 aliphatic carbocycles. The normalized spacial score (nSPS) is 18.4. The second-order valence-corrected chi connectivity index (χ2v) is 6.28. The van der Waals surface area contributed by atoms with Crippen molar-refractivity contribution in [1.82, 2.24) is 5.32 Å². The van der Waals surface area contributed by atoms with Gasteiger partial charge in [-0.3, -0.25) is 9.59 Å². The van der Waals surface area contributed by atoms with Crippen LogP contribution < -0.4 is 16.4 Å². The third-order valence-electron chi connectivity index (χ3n) is 4.57. The van der Waals surface area contributed by atoms with Crippen molar-refractivity contribution in [3.63, 3.8) is 0 Å². The summed E-state index contributed by atoms with van der Waals surface area (Å²) in [7, 11) is 0. The molecule has 2 amide bonds. The first-order valence-electron chi connectivity index (χ1n) is 7.84. The van der Waals surface area contributed by atoms with Crippen LogP contribution in [0.4, 0.5) is 18.9 Å². The number of benzene rings is 2. The van der Waals surface area contributed by atoms with Crippen molar-refractivity contribution < 1.29 is 22.8 Å². The Morgan fingerprint density at radius 1 is 1.19 bits per heavy atom. The number of nitrogens with one attached hydrogen (secondary N) is 2. The molecule has 5 nitrogen and oxygen atoms in total. The van der Waals surface area contributed by atoms with E-state index >= 15 is 0 Å². The molecular formula is C18H16F3N3O2. The molecule has 1 atom stereocenters. The number of rotatable bonds is 4. The first-order valence-corrected chi connectivity index (χ1v) is 7.84. The van der Waals surface area contributed by atoms with Gasteiger partial charge >= 0.3 is 0 Å². The number of fused-ring (bicyclic) bond motifs is 1. The van der Waals surface area contributed by atoms with Gasteiger partial charge in [-0.1, -0.05) is 6.07 Å². The van der Waals surface area contributed by atoms with Gasteiger partial charge in [0, 0.05) is 42.0 Å². The first-order chi connectivity index (χ1) is 12.3. The first kappa shape index (κ1) is 17.9. The van der Waals surface area contributed by atoms with E-state index in [-0.39, 0.29) is 18.0 Å². The zero-order valence-electron chi connectivity index (χ0n) is 13.8. The average Bonchev–Trinajstić information content (AvgIpc) is 2.84. The Morgan fingerprint density at radius 2 is 1.85 bits per heavy atom. The Morgan fingerprint density at radius 3 is 2.46 bits per heavy atom. The molecule has 3 rings (SSSR count). The SMILES string of the molecule is CC1(CN)C(=O)Nc2cc(C(=O)NCc3c(F)cc(F)cc3F)ccc21. The van der Waals surface area contributed by atoms with Crippen molar-refractivity contribution in [2.24, 2.45) is 5.73 Å². The van der Waals surface area contributed by atoms with E-state index in [0.29, 0.717) is 23.4 Å². The lowest BCUT2D eigenvalue weighted by atomic mass is 9.83. The summed E-state index contributed by atoms with van der Waals surface area (Å²) in [5, 5.41) is 5.05. The van der Waals surface area contributed by atoms with Crippen LogP contribution in [0.15, 0.2) is 30.3 Å². The Labute approximate surface area is 147 Å². The topological polar surface area (TPSA) is 84.2 Å². The summed E-state index contributed by atoms with van der Waals surface area (Å²) in [4.78, 5) is 24.3. The number of anilines is 1. The maximum absolute atomic E-state index is 13.6. The molecule has 1 unspecified atom stereocenters. The fourth-order valence-electron chi connectivity index (χ4n) is 2.87. The molecular weight excluding hydrogens is 347 g/mol. The molecule has 136 valence electrons. The molecule has 2 aromatic rings. The number of hydrogen-bond acceptors (Lipinski definition) is 3. The minimum Gasteiger partial charge on any atom is -0.348 e. The van der Waals surface area contributed by atoms with E-state index in [4.69, 9.17) is 5.73 Å². The molecule has 0 fully saturated rings. The minimum absolute atomic E-state index is 0.112. The van der Waals surface area contributed by atoms with Crippen molar-refractivity contribution in [3.8, 4) is 0 Å². The summed E-state index contributed by atoms with van der Waals surface area (Å²) in [6, 6.07) is 5.68. The highest BCUT2D eigenvalue weighted by atomic mass is 19.1. The smallest absolute Gasteiger partial charge is 0.251 e. The standard InChI is InChI=1S/C18H16F3N3O2/c1-18(8-22)12-3-2-9(4-15(12)24-17(18)26)16(25)23-7-11-13(20)5-10(19)6-14(11)21/h2-6H,7-8,22H2,1H3,(H,23,25)(H,24,26). The van der Waals surface area contributed by atoms with Gasteiger partial charge < -0.3 is 16.4 Å². The lowest BCUT2D eigenvalue weighted by molar-refractivity contribution is -0.120. The Kier molecular flexibility index (Phi) is 4.45. The van der Waals surface area contributed by atoms with Crippen LogP contribution >= 0.6 is 0 Å². The minimum atomic E-state index is -1.08. The van der Waals surface area contributed by atoms with Crippen LogP contribution in [0.3, 0.4) is 0 Å².